The third kappa shape index (κ3) is 5.21. The molecule has 1 saturated heterocycles. The van der Waals surface area contributed by atoms with Crippen LogP contribution in [0.5, 0.6) is 0 Å². The summed E-state index contributed by atoms with van der Waals surface area (Å²) in [6.45, 7) is 2.93. The van der Waals surface area contributed by atoms with Crippen molar-refractivity contribution >= 4 is 12.6 Å². The van der Waals surface area contributed by atoms with E-state index < -0.39 is 0 Å². The lowest BCUT2D eigenvalue weighted by Crippen LogP contribution is -2.37. The van der Waals surface area contributed by atoms with Crippen molar-refractivity contribution in [1.29, 1.82) is 5.26 Å². The van der Waals surface area contributed by atoms with Crippen molar-refractivity contribution < 1.29 is 9.47 Å². The fourth-order valence-electron chi connectivity index (χ4n) is 1.07. The summed E-state index contributed by atoms with van der Waals surface area (Å²) < 4.78 is 10.5. The molecule has 0 bridgehead atoms. The van der Waals surface area contributed by atoms with E-state index in [0.29, 0.717) is 24.7 Å². The quantitative estimate of drug-likeness (QED) is 0.430. The number of nitriles is 1. The Balaban J connectivity index is 2.10. The third-order valence-electron chi connectivity index (χ3n) is 2.11. The lowest BCUT2D eigenvalue weighted by molar-refractivity contribution is -0.130. The summed E-state index contributed by atoms with van der Waals surface area (Å²) in [5.74, 6) is 0. The lowest BCUT2D eigenvalue weighted by Gasteiger charge is -2.26. The zero-order chi connectivity index (χ0) is 11.8. The normalized spacial score (nSPS) is 17.2. The minimum atomic E-state index is 0.278. The first-order valence-corrected chi connectivity index (χ1v) is 5.54. The van der Waals surface area contributed by atoms with Gasteiger partial charge in [-0.1, -0.05) is 0 Å². The van der Waals surface area contributed by atoms with Gasteiger partial charge in [-0.15, -0.1) is 12.6 Å². The van der Waals surface area contributed by atoms with Crippen LogP contribution < -0.4 is 0 Å². The van der Waals surface area contributed by atoms with Gasteiger partial charge in [-0.25, -0.2) is 0 Å². The Morgan fingerprint density at radius 3 is 3.00 bits per heavy atom. The SMILES string of the molecule is CN(/C=C/C=C(/S)C#N)CCOC1COC1. The fraction of sp³-hybridized carbons (Fsp3) is 0.545. The predicted octanol–water partition coefficient (Wildman–Crippen LogP) is 1.18. The van der Waals surface area contributed by atoms with Crippen molar-refractivity contribution in [2.45, 2.75) is 6.10 Å². The van der Waals surface area contributed by atoms with Crippen molar-refractivity contribution in [3.63, 3.8) is 0 Å². The highest BCUT2D eigenvalue weighted by Crippen LogP contribution is 2.04. The summed E-state index contributed by atoms with van der Waals surface area (Å²) in [6, 6.07) is 1.93. The van der Waals surface area contributed by atoms with Crippen molar-refractivity contribution in [2.24, 2.45) is 0 Å². The molecule has 0 spiro atoms. The van der Waals surface area contributed by atoms with E-state index in [9.17, 15) is 0 Å². The average molecular weight is 240 g/mol. The maximum absolute atomic E-state index is 8.46. The van der Waals surface area contributed by atoms with Crippen LogP contribution in [-0.2, 0) is 9.47 Å². The third-order valence-corrected chi connectivity index (χ3v) is 2.36. The summed E-state index contributed by atoms with van der Waals surface area (Å²) in [7, 11) is 1.95. The molecule has 0 aromatic carbocycles. The first-order valence-electron chi connectivity index (χ1n) is 5.09. The van der Waals surface area contributed by atoms with Crippen LogP contribution >= 0.6 is 12.6 Å². The van der Waals surface area contributed by atoms with Crippen LogP contribution in [0.25, 0.3) is 0 Å². The molecule has 1 aliphatic heterocycles. The van der Waals surface area contributed by atoms with E-state index in [1.807, 2.05) is 24.2 Å². The van der Waals surface area contributed by atoms with E-state index in [-0.39, 0.29) is 6.10 Å². The minimum Gasteiger partial charge on any atom is -0.378 e. The summed E-state index contributed by atoms with van der Waals surface area (Å²) in [5.41, 5.74) is 0. The largest absolute Gasteiger partial charge is 0.378 e. The number of allylic oxidation sites excluding steroid dienone is 3. The molecule has 0 saturated carbocycles. The number of likely N-dealkylation sites (N-methyl/N-ethyl adjacent to an activating group) is 1. The number of hydrogen-bond acceptors (Lipinski definition) is 5. The van der Waals surface area contributed by atoms with E-state index in [2.05, 4.69) is 12.6 Å². The average Bonchev–Trinajstić information content (AvgIpc) is 2.21. The maximum atomic E-state index is 8.46. The number of ether oxygens (including phenoxy) is 2. The Bertz CT molecular complexity index is 306. The Kier molecular flexibility index (Phi) is 6.01. The molecule has 4 nitrogen and oxygen atoms in total. The zero-order valence-corrected chi connectivity index (χ0v) is 10.2. The molecule has 16 heavy (non-hydrogen) atoms. The molecule has 0 aliphatic carbocycles. The van der Waals surface area contributed by atoms with E-state index >= 15 is 0 Å². The van der Waals surface area contributed by atoms with Gasteiger partial charge in [0.2, 0.25) is 0 Å². The highest BCUT2D eigenvalue weighted by atomic mass is 32.1. The first-order chi connectivity index (χ1) is 7.72. The van der Waals surface area contributed by atoms with Crippen LogP contribution in [0.1, 0.15) is 0 Å². The Labute approximate surface area is 102 Å². The van der Waals surface area contributed by atoms with Gasteiger partial charge in [0, 0.05) is 13.6 Å². The van der Waals surface area contributed by atoms with Crippen LogP contribution in [0.2, 0.25) is 0 Å². The van der Waals surface area contributed by atoms with E-state index in [1.165, 1.54) is 0 Å². The number of thiol groups is 1. The van der Waals surface area contributed by atoms with Crippen LogP contribution in [0.15, 0.2) is 23.3 Å². The maximum Gasteiger partial charge on any atom is 0.106 e. The van der Waals surface area contributed by atoms with Crippen molar-refractivity contribution in [2.75, 3.05) is 33.4 Å². The fourth-order valence-corrected chi connectivity index (χ4v) is 1.15. The molecule has 0 aromatic rings. The number of rotatable bonds is 6. The Morgan fingerprint density at radius 1 is 1.69 bits per heavy atom. The molecule has 0 aromatic heterocycles. The molecule has 0 amide bonds. The molecule has 88 valence electrons. The molecule has 0 atom stereocenters. The molecule has 1 aliphatic rings. The molecule has 0 N–H and O–H groups in total. The van der Waals surface area contributed by atoms with Gasteiger partial charge in [-0.2, -0.15) is 5.26 Å². The summed E-state index contributed by atoms with van der Waals surface area (Å²) in [5, 5.41) is 8.46. The van der Waals surface area contributed by atoms with Gasteiger partial charge in [0.05, 0.1) is 24.7 Å². The number of nitrogens with zero attached hydrogens (tertiary/aromatic N) is 2. The molecule has 5 heteroatoms. The van der Waals surface area contributed by atoms with Gasteiger partial charge < -0.3 is 14.4 Å². The minimum absolute atomic E-state index is 0.278. The molecule has 1 heterocycles. The van der Waals surface area contributed by atoms with Gasteiger partial charge in [-0.3, -0.25) is 0 Å². The van der Waals surface area contributed by atoms with Crippen LogP contribution in [-0.4, -0.2) is 44.4 Å². The molecule has 1 fully saturated rings. The summed E-state index contributed by atoms with van der Waals surface area (Å²) in [4.78, 5) is 2.39. The topological polar surface area (TPSA) is 45.5 Å². The first kappa shape index (κ1) is 13.1. The molecular weight excluding hydrogens is 224 g/mol. The van der Waals surface area contributed by atoms with Gasteiger partial charge in [0.15, 0.2) is 0 Å². The van der Waals surface area contributed by atoms with Gasteiger partial charge in [0.25, 0.3) is 0 Å². The molecule has 0 radical (unpaired) electrons. The molecule has 1 rings (SSSR count). The van der Waals surface area contributed by atoms with Crippen molar-refractivity contribution in [1.82, 2.24) is 4.90 Å². The van der Waals surface area contributed by atoms with Crippen LogP contribution in [0.3, 0.4) is 0 Å². The highest BCUT2D eigenvalue weighted by Gasteiger charge is 2.18. The van der Waals surface area contributed by atoms with Gasteiger partial charge in [-0.05, 0) is 18.4 Å². The molecule has 0 unspecified atom stereocenters. The van der Waals surface area contributed by atoms with Crippen LogP contribution in [0.4, 0.5) is 0 Å². The van der Waals surface area contributed by atoms with E-state index in [0.717, 1.165) is 6.54 Å². The van der Waals surface area contributed by atoms with Crippen LogP contribution in [0, 0.1) is 11.3 Å². The lowest BCUT2D eigenvalue weighted by atomic mass is 10.3. The smallest absolute Gasteiger partial charge is 0.106 e. The molecular formula is C11H16N2O2S. The number of hydrogen-bond donors (Lipinski definition) is 1. The Morgan fingerprint density at radius 2 is 2.44 bits per heavy atom. The highest BCUT2D eigenvalue weighted by molar-refractivity contribution is 7.84. The van der Waals surface area contributed by atoms with E-state index in [4.69, 9.17) is 14.7 Å². The van der Waals surface area contributed by atoms with Gasteiger partial charge in [0.1, 0.15) is 12.2 Å². The van der Waals surface area contributed by atoms with Crippen molar-refractivity contribution in [3.05, 3.63) is 23.3 Å². The van der Waals surface area contributed by atoms with Gasteiger partial charge >= 0.3 is 0 Å². The summed E-state index contributed by atoms with van der Waals surface area (Å²) in [6.07, 6.45) is 5.60. The second kappa shape index (κ2) is 7.34. The van der Waals surface area contributed by atoms with Crippen molar-refractivity contribution in [3.8, 4) is 6.07 Å². The monoisotopic (exact) mass is 240 g/mol. The Hall–Kier alpha value is -0.960. The standard InChI is InChI=1S/C11H16N2O2S/c1-13(4-2-3-11(16)7-12)5-6-15-10-8-14-9-10/h2-4,10,16H,5-6,8-9H2,1H3/b4-2+,11-3+. The second-order valence-corrected chi connectivity index (χ2v) is 4.00. The second-order valence-electron chi connectivity index (χ2n) is 3.52. The zero-order valence-electron chi connectivity index (χ0n) is 9.30. The van der Waals surface area contributed by atoms with E-state index in [1.54, 1.807) is 12.2 Å². The predicted molar refractivity (Wildman–Crippen MR) is 65.0 cm³/mol. The summed E-state index contributed by atoms with van der Waals surface area (Å²) >= 11 is 3.94.